The lowest BCUT2D eigenvalue weighted by Gasteiger charge is -2.07. The normalized spacial score (nSPS) is 24.6. The van der Waals surface area contributed by atoms with Crippen LogP contribution < -0.4 is 0 Å². The van der Waals surface area contributed by atoms with E-state index in [2.05, 4.69) is 6.08 Å². The van der Waals surface area contributed by atoms with Gasteiger partial charge in [0.25, 0.3) is 0 Å². The first kappa shape index (κ1) is 8.51. The van der Waals surface area contributed by atoms with Crippen LogP contribution in [0.25, 0.3) is 0 Å². The second-order valence-corrected chi connectivity index (χ2v) is 3.24. The van der Waals surface area contributed by atoms with Crippen molar-refractivity contribution in [3.63, 3.8) is 0 Å². The number of hydrogen-bond acceptors (Lipinski definition) is 1. The van der Waals surface area contributed by atoms with Crippen molar-refractivity contribution < 1.29 is 4.79 Å². The number of allylic oxidation sites excluding steroid dienone is 2. The molecule has 0 aliphatic heterocycles. The molecule has 0 spiro atoms. The van der Waals surface area contributed by atoms with E-state index in [0.29, 0.717) is 0 Å². The molecular weight excluding hydrogens is 136 g/mol. The van der Waals surface area contributed by atoms with Crippen LogP contribution in [0.1, 0.15) is 45.4 Å². The van der Waals surface area contributed by atoms with Gasteiger partial charge in [-0.25, -0.2) is 0 Å². The maximum Gasteiger partial charge on any atom is 0.155 e. The first-order valence-electron chi connectivity index (χ1n) is 4.50. The summed E-state index contributed by atoms with van der Waals surface area (Å²) in [6.45, 7) is 1.67. The molecule has 1 aliphatic rings. The molecule has 0 saturated carbocycles. The van der Waals surface area contributed by atoms with Gasteiger partial charge in [-0.2, -0.15) is 0 Å². The van der Waals surface area contributed by atoms with Crippen molar-refractivity contribution in [3.8, 4) is 0 Å². The lowest BCUT2D eigenvalue weighted by atomic mass is 9.98. The first-order valence-corrected chi connectivity index (χ1v) is 4.50. The van der Waals surface area contributed by atoms with Crippen LogP contribution in [0.5, 0.6) is 0 Å². The van der Waals surface area contributed by atoms with Gasteiger partial charge in [0.05, 0.1) is 0 Å². The van der Waals surface area contributed by atoms with E-state index in [1.165, 1.54) is 25.7 Å². The molecular formula is C10H16O. The lowest BCUT2D eigenvalue weighted by molar-refractivity contribution is -0.113. The van der Waals surface area contributed by atoms with Gasteiger partial charge in [-0.1, -0.05) is 18.9 Å². The number of hydrogen-bond donors (Lipinski definition) is 0. The van der Waals surface area contributed by atoms with E-state index in [4.69, 9.17) is 0 Å². The van der Waals surface area contributed by atoms with Gasteiger partial charge in [-0.3, -0.25) is 4.79 Å². The third kappa shape index (κ3) is 2.87. The fraction of sp³-hybridized carbons (Fsp3) is 0.700. The summed E-state index contributed by atoms with van der Waals surface area (Å²) >= 11 is 0. The highest BCUT2D eigenvalue weighted by Gasteiger charge is 2.04. The van der Waals surface area contributed by atoms with Crippen LogP contribution in [0.4, 0.5) is 0 Å². The van der Waals surface area contributed by atoms with E-state index in [1.54, 1.807) is 6.92 Å². The molecule has 1 heteroatoms. The molecule has 0 aromatic carbocycles. The minimum atomic E-state index is 0.270. The molecule has 0 N–H and O–H groups in total. The van der Waals surface area contributed by atoms with Crippen LogP contribution >= 0.6 is 0 Å². The van der Waals surface area contributed by atoms with Crippen LogP contribution in [0, 0.1) is 0 Å². The van der Waals surface area contributed by atoms with E-state index in [9.17, 15) is 4.79 Å². The van der Waals surface area contributed by atoms with Gasteiger partial charge in [0.2, 0.25) is 0 Å². The Hall–Kier alpha value is -0.590. The Labute approximate surface area is 68.5 Å². The van der Waals surface area contributed by atoms with Gasteiger partial charge in [-0.15, -0.1) is 0 Å². The second-order valence-electron chi connectivity index (χ2n) is 3.24. The maximum absolute atomic E-state index is 11.0. The maximum atomic E-state index is 11.0. The average molecular weight is 152 g/mol. The topological polar surface area (TPSA) is 17.1 Å². The van der Waals surface area contributed by atoms with Gasteiger partial charge < -0.3 is 0 Å². The van der Waals surface area contributed by atoms with E-state index in [0.717, 1.165) is 18.4 Å². The van der Waals surface area contributed by atoms with Crippen molar-refractivity contribution >= 4 is 5.78 Å². The summed E-state index contributed by atoms with van der Waals surface area (Å²) in [4.78, 5) is 11.0. The first-order chi connectivity index (χ1) is 5.30. The molecule has 1 nitrogen and oxygen atoms in total. The molecule has 62 valence electrons. The van der Waals surface area contributed by atoms with Crippen molar-refractivity contribution in [3.05, 3.63) is 11.6 Å². The summed E-state index contributed by atoms with van der Waals surface area (Å²) in [6.07, 6.45) is 9.33. The van der Waals surface area contributed by atoms with Gasteiger partial charge in [0.15, 0.2) is 5.78 Å². The van der Waals surface area contributed by atoms with E-state index in [-0.39, 0.29) is 5.78 Å². The number of carbonyl (C=O) groups excluding carboxylic acids is 1. The zero-order valence-corrected chi connectivity index (χ0v) is 7.23. The Morgan fingerprint density at radius 2 is 2.00 bits per heavy atom. The van der Waals surface area contributed by atoms with Gasteiger partial charge in [0, 0.05) is 0 Å². The highest BCUT2D eigenvalue weighted by Crippen LogP contribution is 2.17. The van der Waals surface area contributed by atoms with Crippen molar-refractivity contribution in [1.29, 1.82) is 0 Å². The van der Waals surface area contributed by atoms with Gasteiger partial charge >= 0.3 is 0 Å². The highest BCUT2D eigenvalue weighted by atomic mass is 16.1. The molecule has 0 aromatic heterocycles. The van der Waals surface area contributed by atoms with E-state index < -0.39 is 0 Å². The van der Waals surface area contributed by atoms with E-state index >= 15 is 0 Å². The monoisotopic (exact) mass is 152 g/mol. The lowest BCUT2D eigenvalue weighted by Crippen LogP contribution is -1.98. The van der Waals surface area contributed by atoms with Crippen LogP contribution in [0.15, 0.2) is 11.6 Å². The minimum Gasteiger partial charge on any atom is -0.295 e. The zero-order valence-electron chi connectivity index (χ0n) is 7.23. The number of ketones is 1. The number of carbonyl (C=O) groups is 1. The standard InChI is InChI=1S/C10H16O/c1-9(11)10-7-5-3-2-4-6-8-10/h7H,2-6,8H2,1H3/b10-7+. The molecule has 1 rings (SSSR count). The SMILES string of the molecule is CC(=O)/C1=C/CCCCCC1. The summed E-state index contributed by atoms with van der Waals surface area (Å²) in [5, 5.41) is 0. The molecule has 0 amide bonds. The Kier molecular flexibility index (Phi) is 3.34. The van der Waals surface area contributed by atoms with Crippen LogP contribution in [0.3, 0.4) is 0 Å². The Morgan fingerprint density at radius 1 is 1.27 bits per heavy atom. The summed E-state index contributed by atoms with van der Waals surface area (Å²) in [5.74, 6) is 0.270. The van der Waals surface area contributed by atoms with Gasteiger partial charge in [0.1, 0.15) is 0 Å². The molecule has 0 aromatic rings. The molecule has 0 saturated heterocycles. The van der Waals surface area contributed by atoms with Crippen LogP contribution in [0.2, 0.25) is 0 Å². The largest absolute Gasteiger partial charge is 0.295 e. The van der Waals surface area contributed by atoms with Crippen molar-refractivity contribution in [1.82, 2.24) is 0 Å². The van der Waals surface area contributed by atoms with Gasteiger partial charge in [-0.05, 0) is 38.2 Å². The Morgan fingerprint density at radius 3 is 2.73 bits per heavy atom. The predicted molar refractivity (Wildman–Crippen MR) is 46.5 cm³/mol. The molecule has 0 unspecified atom stereocenters. The predicted octanol–water partition coefficient (Wildman–Crippen LogP) is 2.86. The molecule has 0 atom stereocenters. The molecule has 11 heavy (non-hydrogen) atoms. The van der Waals surface area contributed by atoms with Crippen LogP contribution in [-0.4, -0.2) is 5.78 Å². The molecule has 0 bridgehead atoms. The van der Waals surface area contributed by atoms with Crippen molar-refractivity contribution in [2.24, 2.45) is 0 Å². The van der Waals surface area contributed by atoms with Crippen molar-refractivity contribution in [2.45, 2.75) is 45.4 Å². The smallest absolute Gasteiger partial charge is 0.155 e. The molecule has 0 fully saturated rings. The number of rotatable bonds is 1. The second kappa shape index (κ2) is 4.32. The molecule has 0 heterocycles. The quantitative estimate of drug-likeness (QED) is 0.564. The van der Waals surface area contributed by atoms with E-state index in [1.807, 2.05) is 0 Å². The minimum absolute atomic E-state index is 0.270. The van der Waals surface area contributed by atoms with Crippen LogP contribution in [-0.2, 0) is 4.79 Å². The molecule has 0 radical (unpaired) electrons. The summed E-state index contributed by atoms with van der Waals surface area (Å²) in [6, 6.07) is 0. The molecule has 1 aliphatic carbocycles. The summed E-state index contributed by atoms with van der Waals surface area (Å²) in [5.41, 5.74) is 1.06. The highest BCUT2D eigenvalue weighted by molar-refractivity contribution is 5.93. The Bertz CT molecular complexity index is 168. The summed E-state index contributed by atoms with van der Waals surface area (Å²) in [7, 11) is 0. The number of Topliss-reactive ketones (excluding diaryl/α,β-unsaturated/α-hetero) is 1. The third-order valence-electron chi connectivity index (χ3n) is 2.24. The Balaban J connectivity index is 2.52. The fourth-order valence-electron chi connectivity index (χ4n) is 1.51. The van der Waals surface area contributed by atoms with Crippen molar-refractivity contribution in [2.75, 3.05) is 0 Å². The summed E-state index contributed by atoms with van der Waals surface area (Å²) < 4.78 is 0. The third-order valence-corrected chi connectivity index (χ3v) is 2.24. The fourth-order valence-corrected chi connectivity index (χ4v) is 1.51. The zero-order chi connectivity index (χ0) is 8.10. The average Bonchev–Trinajstić information content (AvgIpc) is 1.84.